The molecule has 2 heteroatoms. The minimum absolute atomic E-state index is 0.863. The smallest absolute Gasteiger partial charge is 0.0550 e. The fourth-order valence-corrected chi connectivity index (χ4v) is 8.55. The molecule has 0 radical (unpaired) electrons. The lowest BCUT2D eigenvalue weighted by molar-refractivity contribution is 1.11. The van der Waals surface area contributed by atoms with Crippen LogP contribution in [0.2, 0.25) is 0 Å². The Labute approximate surface area is 308 Å². The first-order chi connectivity index (χ1) is 26.2. The van der Waals surface area contributed by atoms with Crippen LogP contribution in [0.25, 0.3) is 99.1 Å². The maximum Gasteiger partial charge on any atom is 0.0550 e. The largest absolute Gasteiger partial charge is 0.309 e. The maximum atomic E-state index is 8.47. The first-order valence-corrected chi connectivity index (χ1v) is 18.1. The molecule has 1 aromatic heterocycles. The van der Waals surface area contributed by atoms with Gasteiger partial charge in [0.2, 0.25) is 0 Å². The minimum atomic E-state index is 0.863. The van der Waals surface area contributed by atoms with E-state index in [2.05, 4.69) is 169 Å². The van der Waals surface area contributed by atoms with Crippen molar-refractivity contribution in [3.63, 3.8) is 0 Å². The Morgan fingerprint density at radius 3 is 1.53 bits per heavy atom. The molecule has 0 aliphatic carbocycles. The second-order valence-corrected chi connectivity index (χ2v) is 13.7. The van der Waals surface area contributed by atoms with Gasteiger partial charge in [-0.3, -0.25) is 0 Å². The number of rotatable bonds is 6. The molecular formula is C51H34N2. The maximum absolute atomic E-state index is 8.47. The van der Waals surface area contributed by atoms with Crippen molar-refractivity contribution in [1.29, 1.82) is 5.41 Å². The van der Waals surface area contributed by atoms with Gasteiger partial charge in [0.25, 0.3) is 0 Å². The molecule has 0 aliphatic rings. The molecule has 0 saturated carbocycles. The summed E-state index contributed by atoms with van der Waals surface area (Å²) < 4.78 is 2.20. The third-order valence-corrected chi connectivity index (χ3v) is 10.9. The third kappa shape index (κ3) is 4.77. The van der Waals surface area contributed by atoms with Gasteiger partial charge in [0.05, 0.1) is 11.2 Å². The van der Waals surface area contributed by atoms with E-state index in [0.717, 1.165) is 39.0 Å². The van der Waals surface area contributed by atoms with Crippen molar-refractivity contribution in [2.45, 2.75) is 0 Å². The fourth-order valence-electron chi connectivity index (χ4n) is 8.55. The summed E-state index contributed by atoms with van der Waals surface area (Å²) in [5, 5.41) is 19.3. The summed E-state index contributed by atoms with van der Waals surface area (Å²) in [6.45, 7) is 4.15. The van der Waals surface area contributed by atoms with E-state index in [1.807, 2.05) is 24.3 Å². The molecule has 0 aliphatic heterocycles. The highest BCUT2D eigenvalue weighted by atomic mass is 15.0. The highest BCUT2D eigenvalue weighted by Gasteiger charge is 2.21. The van der Waals surface area contributed by atoms with E-state index in [-0.39, 0.29) is 0 Å². The molecule has 1 heterocycles. The average molecular weight is 675 g/mol. The number of fused-ring (bicyclic) bond motifs is 5. The van der Waals surface area contributed by atoms with Crippen molar-refractivity contribution < 1.29 is 0 Å². The molecule has 53 heavy (non-hydrogen) atoms. The zero-order chi connectivity index (χ0) is 35.5. The van der Waals surface area contributed by atoms with Crippen LogP contribution in [0.4, 0.5) is 0 Å². The molecule has 0 bridgehead atoms. The Balaban J connectivity index is 1.31. The van der Waals surface area contributed by atoms with E-state index in [1.54, 1.807) is 0 Å². The van der Waals surface area contributed by atoms with Crippen molar-refractivity contribution in [2.75, 3.05) is 0 Å². The number of nitrogens with one attached hydrogen (secondary N) is 1. The molecule has 9 aromatic carbocycles. The Bertz CT molecular complexity index is 3080. The Hall–Kier alpha value is -7.03. The van der Waals surface area contributed by atoms with Crippen molar-refractivity contribution in [1.82, 2.24) is 4.57 Å². The summed E-state index contributed by atoms with van der Waals surface area (Å²) in [6.07, 6.45) is 3.32. The topological polar surface area (TPSA) is 28.8 Å². The highest BCUT2D eigenvalue weighted by Crippen LogP contribution is 2.47. The normalized spacial score (nSPS) is 11.5. The molecule has 0 unspecified atom stereocenters. The molecular weight excluding hydrogens is 641 g/mol. The van der Waals surface area contributed by atoms with E-state index >= 15 is 0 Å². The van der Waals surface area contributed by atoms with Gasteiger partial charge in [-0.15, -0.1) is 0 Å². The monoisotopic (exact) mass is 674 g/mol. The van der Waals surface area contributed by atoms with Gasteiger partial charge in [0, 0.05) is 22.9 Å². The molecule has 1 N–H and O–H groups in total. The van der Waals surface area contributed by atoms with E-state index in [9.17, 15) is 0 Å². The summed E-state index contributed by atoms with van der Waals surface area (Å²) >= 11 is 0. The van der Waals surface area contributed by atoms with Crippen LogP contribution in [0.1, 0.15) is 11.3 Å². The lowest BCUT2D eigenvalue weighted by Crippen LogP contribution is -1.97. The van der Waals surface area contributed by atoms with Gasteiger partial charge in [-0.05, 0) is 113 Å². The number of aromatic nitrogens is 1. The van der Waals surface area contributed by atoms with Crippen molar-refractivity contribution in [3.05, 3.63) is 194 Å². The quantitative estimate of drug-likeness (QED) is 0.134. The van der Waals surface area contributed by atoms with Crippen LogP contribution in [0.15, 0.2) is 183 Å². The Kier molecular flexibility index (Phi) is 7.16. The SMILES string of the molecule is C=Cc1c(C=N)c2cc(-c3ccc4c(-c5cccc6ccccc56)c5ccccc5c(-c5cccc6ccccc56)c4c3)ccc2n1-c1ccccc1. The summed E-state index contributed by atoms with van der Waals surface area (Å²) in [6, 6.07) is 63.6. The van der Waals surface area contributed by atoms with Crippen molar-refractivity contribution in [3.8, 4) is 39.1 Å². The molecule has 10 rings (SSSR count). The molecule has 0 spiro atoms. The summed E-state index contributed by atoms with van der Waals surface area (Å²) in [5.74, 6) is 0. The molecule has 0 amide bonds. The number of hydrogen-bond acceptors (Lipinski definition) is 1. The Morgan fingerprint density at radius 1 is 0.434 bits per heavy atom. The predicted octanol–water partition coefficient (Wildman–Crippen LogP) is 13.9. The second-order valence-electron chi connectivity index (χ2n) is 13.7. The van der Waals surface area contributed by atoms with Crippen molar-refractivity contribution in [2.24, 2.45) is 0 Å². The van der Waals surface area contributed by atoms with E-state index in [1.165, 1.54) is 71.6 Å². The zero-order valence-corrected chi connectivity index (χ0v) is 29.1. The van der Waals surface area contributed by atoms with Crippen LogP contribution >= 0.6 is 0 Å². The molecule has 248 valence electrons. The molecule has 0 atom stereocenters. The van der Waals surface area contributed by atoms with Gasteiger partial charge in [-0.25, -0.2) is 0 Å². The van der Waals surface area contributed by atoms with Crippen LogP contribution in [0, 0.1) is 5.41 Å². The van der Waals surface area contributed by atoms with Gasteiger partial charge < -0.3 is 9.98 Å². The molecule has 2 nitrogen and oxygen atoms in total. The van der Waals surface area contributed by atoms with Gasteiger partial charge in [-0.1, -0.05) is 152 Å². The van der Waals surface area contributed by atoms with Crippen LogP contribution in [-0.2, 0) is 0 Å². The van der Waals surface area contributed by atoms with Crippen LogP contribution in [0.3, 0.4) is 0 Å². The van der Waals surface area contributed by atoms with Gasteiger partial charge >= 0.3 is 0 Å². The van der Waals surface area contributed by atoms with E-state index in [4.69, 9.17) is 5.41 Å². The summed E-state index contributed by atoms with van der Waals surface area (Å²) in [4.78, 5) is 0. The third-order valence-electron chi connectivity index (χ3n) is 10.9. The summed E-state index contributed by atoms with van der Waals surface area (Å²) in [7, 11) is 0. The number of para-hydroxylation sites is 1. The van der Waals surface area contributed by atoms with Gasteiger partial charge in [0.1, 0.15) is 0 Å². The van der Waals surface area contributed by atoms with E-state index in [0.29, 0.717) is 0 Å². The predicted molar refractivity (Wildman–Crippen MR) is 228 cm³/mol. The number of hydrogen-bond donors (Lipinski definition) is 1. The molecule has 10 aromatic rings. The average Bonchev–Trinajstić information content (AvgIpc) is 3.55. The first-order valence-electron chi connectivity index (χ1n) is 18.1. The van der Waals surface area contributed by atoms with E-state index < -0.39 is 0 Å². The minimum Gasteiger partial charge on any atom is -0.309 e. The van der Waals surface area contributed by atoms with Crippen LogP contribution in [0.5, 0.6) is 0 Å². The Morgan fingerprint density at radius 2 is 0.925 bits per heavy atom. The highest BCUT2D eigenvalue weighted by molar-refractivity contribution is 6.25. The lowest BCUT2D eigenvalue weighted by atomic mass is 9.83. The van der Waals surface area contributed by atoms with Crippen molar-refractivity contribution >= 4 is 66.3 Å². The van der Waals surface area contributed by atoms with Crippen LogP contribution in [-0.4, -0.2) is 10.8 Å². The zero-order valence-electron chi connectivity index (χ0n) is 29.1. The second kappa shape index (κ2) is 12.3. The number of benzene rings is 9. The molecule has 0 fully saturated rings. The van der Waals surface area contributed by atoms with Gasteiger partial charge in [-0.2, -0.15) is 0 Å². The summed E-state index contributed by atoms with van der Waals surface area (Å²) in [5.41, 5.74) is 11.1. The van der Waals surface area contributed by atoms with Gasteiger partial charge in [0.15, 0.2) is 0 Å². The fraction of sp³-hybridized carbons (Fsp3) is 0. The standard InChI is InChI=1S/C51H34N2/c1-2-48-47(32-52)45-30-36(27-29-49(45)53(48)37-18-4-3-5-19-37)35-26-28-44-46(31-35)51(41-25-13-17-34-15-7-9-21-39(34)41)43-23-11-10-22-42(43)50(44)40-24-12-16-33-14-6-8-20-38(33)40/h2-32,52H,1H2. The van der Waals surface area contributed by atoms with Crippen LogP contribution < -0.4 is 0 Å². The first kappa shape index (κ1) is 30.8. The lowest BCUT2D eigenvalue weighted by Gasteiger charge is -2.20. The number of nitrogens with zero attached hydrogens (tertiary/aromatic N) is 1. The molecule has 0 saturated heterocycles.